The van der Waals surface area contributed by atoms with Gasteiger partial charge in [0.15, 0.2) is 0 Å². The summed E-state index contributed by atoms with van der Waals surface area (Å²) in [6, 6.07) is 9.87. The fraction of sp³-hybridized carbons (Fsp3) is 0.562. The molecule has 0 heterocycles. The van der Waals surface area contributed by atoms with Crippen LogP contribution in [0.2, 0.25) is 0 Å². The lowest BCUT2D eigenvalue weighted by molar-refractivity contribution is 0.244. The van der Waals surface area contributed by atoms with E-state index in [4.69, 9.17) is 10.00 Å². The van der Waals surface area contributed by atoms with E-state index < -0.39 is 0 Å². The molecule has 1 N–H and O–H groups in total. The molecule has 0 fully saturated rings. The predicted molar refractivity (Wildman–Crippen MR) is 78.2 cm³/mol. The Morgan fingerprint density at radius 1 is 1.26 bits per heavy atom. The van der Waals surface area contributed by atoms with Crippen molar-refractivity contribution in [2.45, 2.75) is 39.7 Å². The lowest BCUT2D eigenvalue weighted by Crippen LogP contribution is -2.39. The largest absolute Gasteiger partial charge is 0.493 e. The SMILES string of the molecule is CC(CNC(C)(C)C)COc1ccc(CC#N)cc1. The zero-order chi connectivity index (χ0) is 14.3. The van der Waals surface area contributed by atoms with E-state index in [-0.39, 0.29) is 5.54 Å². The molecule has 0 bridgehead atoms. The molecule has 19 heavy (non-hydrogen) atoms. The second kappa shape index (κ2) is 7.16. The van der Waals surface area contributed by atoms with Crippen LogP contribution in [0, 0.1) is 17.2 Å². The van der Waals surface area contributed by atoms with Gasteiger partial charge < -0.3 is 10.1 Å². The van der Waals surface area contributed by atoms with Crippen molar-refractivity contribution in [2.75, 3.05) is 13.2 Å². The second-order valence-electron chi connectivity index (χ2n) is 6.03. The fourth-order valence-electron chi connectivity index (χ4n) is 1.57. The highest BCUT2D eigenvalue weighted by molar-refractivity contribution is 5.28. The number of rotatable bonds is 6. The molecule has 0 saturated heterocycles. The summed E-state index contributed by atoms with van der Waals surface area (Å²) in [4.78, 5) is 0. The highest BCUT2D eigenvalue weighted by atomic mass is 16.5. The van der Waals surface area contributed by atoms with Crippen molar-refractivity contribution >= 4 is 0 Å². The van der Waals surface area contributed by atoms with E-state index in [9.17, 15) is 0 Å². The average Bonchev–Trinajstić information content (AvgIpc) is 2.35. The highest BCUT2D eigenvalue weighted by Crippen LogP contribution is 2.13. The number of nitrogens with zero attached hydrogens (tertiary/aromatic N) is 1. The Kier molecular flexibility index (Phi) is 5.85. The maximum absolute atomic E-state index is 8.60. The van der Waals surface area contributed by atoms with E-state index in [0.29, 0.717) is 18.9 Å². The van der Waals surface area contributed by atoms with Gasteiger partial charge in [-0.15, -0.1) is 0 Å². The van der Waals surface area contributed by atoms with Crippen molar-refractivity contribution in [1.29, 1.82) is 5.26 Å². The standard InChI is InChI=1S/C16H24N2O/c1-13(11-18-16(2,3)4)12-19-15-7-5-14(6-8-15)9-10-17/h5-8,13,18H,9,11-12H2,1-4H3. The van der Waals surface area contributed by atoms with Crippen LogP contribution in [0.1, 0.15) is 33.3 Å². The van der Waals surface area contributed by atoms with Crippen molar-refractivity contribution in [3.05, 3.63) is 29.8 Å². The van der Waals surface area contributed by atoms with Crippen LogP contribution in [-0.2, 0) is 6.42 Å². The molecule has 1 unspecified atom stereocenters. The first kappa shape index (κ1) is 15.5. The summed E-state index contributed by atoms with van der Waals surface area (Å²) >= 11 is 0. The van der Waals surface area contributed by atoms with E-state index in [1.54, 1.807) is 0 Å². The van der Waals surface area contributed by atoms with Crippen molar-refractivity contribution in [1.82, 2.24) is 5.32 Å². The lowest BCUT2D eigenvalue weighted by atomic mass is 10.1. The maximum Gasteiger partial charge on any atom is 0.119 e. The number of ether oxygens (including phenoxy) is 1. The van der Waals surface area contributed by atoms with Gasteiger partial charge in [-0.2, -0.15) is 5.26 Å². The Bertz CT molecular complexity index is 412. The Labute approximate surface area is 116 Å². The molecule has 0 aliphatic carbocycles. The lowest BCUT2D eigenvalue weighted by Gasteiger charge is -2.23. The second-order valence-corrected chi connectivity index (χ2v) is 6.03. The Morgan fingerprint density at radius 2 is 1.89 bits per heavy atom. The van der Waals surface area contributed by atoms with Crippen molar-refractivity contribution in [3.63, 3.8) is 0 Å². The predicted octanol–water partition coefficient (Wildman–Crippen LogP) is 3.16. The van der Waals surface area contributed by atoms with Gasteiger partial charge in [-0.3, -0.25) is 0 Å². The van der Waals surface area contributed by atoms with E-state index in [1.165, 1.54) is 0 Å². The van der Waals surface area contributed by atoms with E-state index in [1.807, 2.05) is 24.3 Å². The number of benzene rings is 1. The van der Waals surface area contributed by atoms with Crippen molar-refractivity contribution in [2.24, 2.45) is 5.92 Å². The number of nitriles is 1. The van der Waals surface area contributed by atoms with Crippen LogP contribution >= 0.6 is 0 Å². The molecule has 0 saturated carbocycles. The summed E-state index contributed by atoms with van der Waals surface area (Å²) in [5, 5.41) is 12.1. The summed E-state index contributed by atoms with van der Waals surface area (Å²) in [5.41, 5.74) is 1.17. The van der Waals surface area contributed by atoms with Crippen LogP contribution in [0.5, 0.6) is 5.75 Å². The molecule has 3 nitrogen and oxygen atoms in total. The molecule has 0 amide bonds. The van der Waals surface area contributed by atoms with Gasteiger partial charge in [-0.1, -0.05) is 19.1 Å². The zero-order valence-corrected chi connectivity index (χ0v) is 12.4. The molecule has 0 spiro atoms. The molecule has 104 valence electrons. The van der Waals surface area contributed by atoms with Gasteiger partial charge in [-0.05, 0) is 38.5 Å². The van der Waals surface area contributed by atoms with Gasteiger partial charge >= 0.3 is 0 Å². The topological polar surface area (TPSA) is 45.0 Å². The molecule has 0 aliphatic rings. The molecule has 3 heteroatoms. The molecule has 1 atom stereocenters. The number of hydrogen-bond donors (Lipinski definition) is 1. The van der Waals surface area contributed by atoms with Crippen molar-refractivity contribution < 1.29 is 4.74 Å². The van der Waals surface area contributed by atoms with E-state index in [2.05, 4.69) is 39.1 Å². The van der Waals surface area contributed by atoms with Crippen molar-refractivity contribution in [3.8, 4) is 11.8 Å². The van der Waals surface area contributed by atoms with Crippen LogP contribution in [0.3, 0.4) is 0 Å². The Hall–Kier alpha value is -1.53. The monoisotopic (exact) mass is 260 g/mol. The maximum atomic E-state index is 8.60. The van der Waals surface area contributed by atoms with Gasteiger partial charge in [0.25, 0.3) is 0 Å². The molecule has 1 aromatic rings. The molecule has 1 rings (SSSR count). The van der Waals surface area contributed by atoms with Gasteiger partial charge in [0.05, 0.1) is 19.1 Å². The van der Waals surface area contributed by atoms with Crippen LogP contribution in [0.15, 0.2) is 24.3 Å². The normalized spacial score (nSPS) is 12.8. The smallest absolute Gasteiger partial charge is 0.119 e. The average molecular weight is 260 g/mol. The Balaban J connectivity index is 2.34. The minimum Gasteiger partial charge on any atom is -0.493 e. The minimum absolute atomic E-state index is 0.146. The van der Waals surface area contributed by atoms with Crippen LogP contribution in [0.25, 0.3) is 0 Å². The summed E-state index contributed by atoms with van der Waals surface area (Å²) in [5.74, 6) is 1.32. The van der Waals surface area contributed by atoms with Gasteiger partial charge in [0.1, 0.15) is 5.75 Å². The summed E-state index contributed by atoms with van der Waals surface area (Å²) in [7, 11) is 0. The summed E-state index contributed by atoms with van der Waals surface area (Å²) in [6.07, 6.45) is 0.451. The van der Waals surface area contributed by atoms with E-state index >= 15 is 0 Å². The van der Waals surface area contributed by atoms with Gasteiger partial charge in [-0.25, -0.2) is 0 Å². The number of hydrogen-bond acceptors (Lipinski definition) is 3. The van der Waals surface area contributed by atoms with Gasteiger partial charge in [0, 0.05) is 18.0 Å². The molecule has 1 aromatic carbocycles. The first-order valence-electron chi connectivity index (χ1n) is 6.74. The highest BCUT2D eigenvalue weighted by Gasteiger charge is 2.11. The first-order chi connectivity index (χ1) is 8.90. The minimum atomic E-state index is 0.146. The molecule has 0 aliphatic heterocycles. The quantitative estimate of drug-likeness (QED) is 0.854. The molecule has 0 aromatic heterocycles. The summed E-state index contributed by atoms with van der Waals surface area (Å²) in [6.45, 7) is 10.3. The van der Waals surface area contributed by atoms with E-state index in [0.717, 1.165) is 17.9 Å². The molecular weight excluding hydrogens is 236 g/mol. The van der Waals surface area contributed by atoms with Crippen LogP contribution < -0.4 is 10.1 Å². The fourth-order valence-corrected chi connectivity index (χ4v) is 1.57. The number of nitrogens with one attached hydrogen (secondary N) is 1. The molecular formula is C16H24N2O. The third-order valence-electron chi connectivity index (χ3n) is 2.72. The summed E-state index contributed by atoms with van der Waals surface area (Å²) < 4.78 is 5.74. The molecule has 0 radical (unpaired) electrons. The third kappa shape index (κ3) is 6.83. The first-order valence-corrected chi connectivity index (χ1v) is 6.74. The zero-order valence-electron chi connectivity index (χ0n) is 12.4. The third-order valence-corrected chi connectivity index (χ3v) is 2.72. The van der Waals surface area contributed by atoms with Crippen LogP contribution in [0.4, 0.5) is 0 Å². The Morgan fingerprint density at radius 3 is 2.42 bits per heavy atom. The van der Waals surface area contributed by atoms with Crippen LogP contribution in [-0.4, -0.2) is 18.7 Å². The van der Waals surface area contributed by atoms with Gasteiger partial charge in [0.2, 0.25) is 0 Å².